The lowest BCUT2D eigenvalue weighted by Crippen LogP contribution is -2.43. The van der Waals surface area contributed by atoms with Gasteiger partial charge >= 0.3 is 0 Å². The van der Waals surface area contributed by atoms with Crippen molar-refractivity contribution in [3.05, 3.63) is 30.1 Å². The standard InChI is InChI=1S/C18H29FN4OS.HI/c1-5-14(2)22-18(21-13-17(24)23(3)4)20-11-6-12-25-16-9-7-15(19)8-10-16;/h7-10,14H,5-6,11-13H2,1-4H3,(H2,20,21,22);1H. The van der Waals surface area contributed by atoms with Crippen molar-refractivity contribution in [1.82, 2.24) is 15.5 Å². The van der Waals surface area contributed by atoms with Crippen LogP contribution in [0.4, 0.5) is 4.39 Å². The molecule has 148 valence electrons. The van der Waals surface area contributed by atoms with Crippen LogP contribution in [0.3, 0.4) is 0 Å². The van der Waals surface area contributed by atoms with E-state index in [1.165, 1.54) is 17.0 Å². The number of aliphatic imine (C=N–C) groups is 1. The van der Waals surface area contributed by atoms with Gasteiger partial charge in [0, 0.05) is 31.6 Å². The number of likely N-dealkylation sites (N-methyl/N-ethyl adjacent to an activating group) is 1. The van der Waals surface area contributed by atoms with E-state index in [9.17, 15) is 9.18 Å². The summed E-state index contributed by atoms with van der Waals surface area (Å²) >= 11 is 1.69. The minimum absolute atomic E-state index is 0. The van der Waals surface area contributed by atoms with E-state index in [0.29, 0.717) is 5.96 Å². The van der Waals surface area contributed by atoms with E-state index < -0.39 is 0 Å². The largest absolute Gasteiger partial charge is 0.356 e. The fourth-order valence-electron chi connectivity index (χ4n) is 1.78. The van der Waals surface area contributed by atoms with Crippen LogP contribution in [0, 0.1) is 5.82 Å². The molecule has 0 aromatic heterocycles. The van der Waals surface area contributed by atoms with Crippen molar-refractivity contribution in [3.8, 4) is 0 Å². The summed E-state index contributed by atoms with van der Waals surface area (Å²) < 4.78 is 12.9. The van der Waals surface area contributed by atoms with E-state index >= 15 is 0 Å². The number of thioether (sulfide) groups is 1. The first kappa shape index (κ1) is 25.0. The lowest BCUT2D eigenvalue weighted by molar-refractivity contribution is -0.127. The summed E-state index contributed by atoms with van der Waals surface area (Å²) in [5, 5.41) is 6.56. The Bertz CT molecular complexity index is 555. The lowest BCUT2D eigenvalue weighted by atomic mass is 10.3. The van der Waals surface area contributed by atoms with Crippen molar-refractivity contribution < 1.29 is 9.18 Å². The van der Waals surface area contributed by atoms with Crippen LogP contribution in [-0.4, -0.2) is 55.7 Å². The van der Waals surface area contributed by atoms with Crippen molar-refractivity contribution in [3.63, 3.8) is 0 Å². The minimum Gasteiger partial charge on any atom is -0.356 e. The molecule has 1 unspecified atom stereocenters. The first-order valence-corrected chi connectivity index (χ1v) is 9.54. The van der Waals surface area contributed by atoms with Crippen LogP contribution in [0.1, 0.15) is 26.7 Å². The molecular weight excluding hydrogens is 466 g/mol. The Hall–Kier alpha value is -1.03. The third kappa shape index (κ3) is 10.8. The SMILES string of the molecule is CCC(C)NC(=NCC(=O)N(C)C)NCCCSc1ccc(F)cc1.I. The second-order valence-electron chi connectivity index (χ2n) is 5.99. The summed E-state index contributed by atoms with van der Waals surface area (Å²) in [5.74, 6) is 1.34. The Morgan fingerprint density at radius 2 is 1.96 bits per heavy atom. The number of guanidine groups is 1. The van der Waals surface area contributed by atoms with Crippen LogP contribution in [-0.2, 0) is 4.79 Å². The van der Waals surface area contributed by atoms with Gasteiger partial charge in [0.1, 0.15) is 12.4 Å². The smallest absolute Gasteiger partial charge is 0.243 e. The lowest BCUT2D eigenvalue weighted by Gasteiger charge is -2.17. The molecule has 0 saturated carbocycles. The molecule has 0 bridgehead atoms. The maximum absolute atomic E-state index is 12.9. The van der Waals surface area contributed by atoms with E-state index in [0.717, 1.165) is 30.0 Å². The summed E-state index contributed by atoms with van der Waals surface area (Å²) in [6, 6.07) is 6.82. The van der Waals surface area contributed by atoms with Gasteiger partial charge in [0.05, 0.1) is 0 Å². The van der Waals surface area contributed by atoms with Gasteiger partial charge in [-0.2, -0.15) is 0 Å². The van der Waals surface area contributed by atoms with Crippen molar-refractivity contribution in [2.75, 3.05) is 32.9 Å². The molecule has 1 aromatic carbocycles. The molecule has 0 aliphatic heterocycles. The Morgan fingerprint density at radius 3 is 2.54 bits per heavy atom. The number of amides is 1. The first-order chi connectivity index (χ1) is 11.9. The third-order valence-corrected chi connectivity index (χ3v) is 4.66. The van der Waals surface area contributed by atoms with Crippen molar-refractivity contribution >= 4 is 47.6 Å². The van der Waals surface area contributed by atoms with Crippen molar-refractivity contribution in [2.45, 2.75) is 37.6 Å². The van der Waals surface area contributed by atoms with Crippen LogP contribution in [0.2, 0.25) is 0 Å². The summed E-state index contributed by atoms with van der Waals surface area (Å²) in [7, 11) is 3.44. The van der Waals surface area contributed by atoms with E-state index in [-0.39, 0.29) is 48.3 Å². The van der Waals surface area contributed by atoms with Crippen LogP contribution in [0.25, 0.3) is 0 Å². The molecule has 0 aliphatic carbocycles. The molecule has 0 fully saturated rings. The number of halogens is 2. The topological polar surface area (TPSA) is 56.7 Å². The monoisotopic (exact) mass is 496 g/mol. The van der Waals surface area contributed by atoms with Gasteiger partial charge in [-0.25, -0.2) is 9.38 Å². The highest BCUT2D eigenvalue weighted by atomic mass is 127. The Balaban J connectivity index is 0.00000625. The molecule has 0 heterocycles. The zero-order valence-electron chi connectivity index (χ0n) is 15.9. The summed E-state index contributed by atoms with van der Waals surface area (Å²) in [6.07, 6.45) is 1.91. The van der Waals surface area contributed by atoms with Crippen LogP contribution >= 0.6 is 35.7 Å². The molecule has 1 amide bonds. The molecule has 26 heavy (non-hydrogen) atoms. The van der Waals surface area contributed by atoms with Gasteiger partial charge in [0.15, 0.2) is 5.96 Å². The fraction of sp³-hybridized carbons (Fsp3) is 0.556. The van der Waals surface area contributed by atoms with Crippen LogP contribution in [0.15, 0.2) is 34.2 Å². The maximum atomic E-state index is 12.9. The molecule has 0 saturated heterocycles. The van der Waals surface area contributed by atoms with Gasteiger partial charge < -0.3 is 15.5 Å². The van der Waals surface area contributed by atoms with Crippen LogP contribution in [0.5, 0.6) is 0 Å². The molecule has 0 aliphatic rings. The average Bonchev–Trinajstić information content (AvgIpc) is 2.60. The van der Waals surface area contributed by atoms with E-state index in [1.807, 2.05) is 0 Å². The average molecular weight is 496 g/mol. The maximum Gasteiger partial charge on any atom is 0.243 e. The predicted octanol–water partition coefficient (Wildman–Crippen LogP) is 3.35. The number of benzene rings is 1. The quantitative estimate of drug-likeness (QED) is 0.181. The predicted molar refractivity (Wildman–Crippen MR) is 119 cm³/mol. The van der Waals surface area contributed by atoms with Gasteiger partial charge in [-0.1, -0.05) is 6.92 Å². The Morgan fingerprint density at radius 1 is 1.31 bits per heavy atom. The van der Waals surface area contributed by atoms with Crippen molar-refractivity contribution in [2.24, 2.45) is 4.99 Å². The molecule has 1 atom stereocenters. The molecule has 1 rings (SSSR count). The first-order valence-electron chi connectivity index (χ1n) is 8.55. The van der Waals surface area contributed by atoms with E-state index in [4.69, 9.17) is 0 Å². The van der Waals surface area contributed by atoms with Gasteiger partial charge in [-0.05, 0) is 49.8 Å². The Kier molecular flexibility index (Phi) is 13.5. The Labute approximate surface area is 177 Å². The highest BCUT2D eigenvalue weighted by molar-refractivity contribution is 14.0. The number of hydrogen-bond donors (Lipinski definition) is 2. The second kappa shape index (κ2) is 14.1. The summed E-state index contributed by atoms with van der Waals surface area (Å²) in [6.45, 7) is 5.06. The van der Waals surface area contributed by atoms with Gasteiger partial charge in [-0.3, -0.25) is 4.79 Å². The van der Waals surface area contributed by atoms with Gasteiger partial charge in [0.2, 0.25) is 5.91 Å². The highest BCUT2D eigenvalue weighted by Gasteiger charge is 2.06. The van der Waals surface area contributed by atoms with Crippen molar-refractivity contribution in [1.29, 1.82) is 0 Å². The summed E-state index contributed by atoms with van der Waals surface area (Å²) in [4.78, 5) is 18.6. The second-order valence-corrected chi connectivity index (χ2v) is 7.16. The third-order valence-electron chi connectivity index (χ3n) is 3.56. The minimum atomic E-state index is -0.213. The molecular formula is C18H30FIN4OS. The highest BCUT2D eigenvalue weighted by Crippen LogP contribution is 2.18. The number of nitrogens with zero attached hydrogens (tertiary/aromatic N) is 2. The number of hydrogen-bond acceptors (Lipinski definition) is 3. The molecule has 8 heteroatoms. The molecule has 2 N–H and O–H groups in total. The molecule has 0 radical (unpaired) electrons. The van der Waals surface area contributed by atoms with Gasteiger partial charge in [0.25, 0.3) is 0 Å². The number of carbonyl (C=O) groups excluding carboxylic acids is 1. The van der Waals surface area contributed by atoms with E-state index in [1.54, 1.807) is 38.0 Å². The molecule has 5 nitrogen and oxygen atoms in total. The fourth-order valence-corrected chi connectivity index (χ4v) is 2.63. The molecule has 1 aromatic rings. The number of rotatable bonds is 9. The number of carbonyl (C=O) groups is 1. The zero-order chi connectivity index (χ0) is 18.7. The zero-order valence-corrected chi connectivity index (χ0v) is 19.1. The van der Waals surface area contributed by atoms with Crippen LogP contribution < -0.4 is 10.6 Å². The summed E-state index contributed by atoms with van der Waals surface area (Å²) in [5.41, 5.74) is 0. The normalized spacial score (nSPS) is 12.1. The number of nitrogens with one attached hydrogen (secondary N) is 2. The molecule has 0 spiro atoms. The van der Waals surface area contributed by atoms with E-state index in [2.05, 4.69) is 29.5 Å². The van der Waals surface area contributed by atoms with Gasteiger partial charge in [-0.15, -0.1) is 35.7 Å².